The number of halogens is 3. The Balaban J connectivity index is 0.00000156. The van der Waals surface area contributed by atoms with Crippen molar-refractivity contribution >= 4 is 30.8 Å². The lowest BCUT2D eigenvalue weighted by Crippen LogP contribution is -2.54. The van der Waals surface area contributed by atoms with Crippen molar-refractivity contribution in [3.05, 3.63) is 35.4 Å². The van der Waals surface area contributed by atoms with Crippen LogP contribution >= 0.6 is 24.8 Å². The smallest absolute Gasteiger partial charge is 0.317 e. The lowest BCUT2D eigenvalue weighted by Gasteiger charge is -2.43. The Morgan fingerprint density at radius 3 is 2.60 bits per heavy atom. The van der Waals surface area contributed by atoms with Gasteiger partial charge in [-0.05, 0) is 36.8 Å². The van der Waals surface area contributed by atoms with Crippen molar-refractivity contribution in [2.24, 2.45) is 5.92 Å². The summed E-state index contributed by atoms with van der Waals surface area (Å²) in [5.74, 6) is -0.109. The summed E-state index contributed by atoms with van der Waals surface area (Å²) in [4.78, 5) is 15.4. The molecule has 2 fully saturated rings. The Hall–Kier alpha value is -0.880. The third-order valence-corrected chi connectivity index (χ3v) is 5.04. The molecule has 2 aliphatic rings. The molecule has 7 heteroatoms. The lowest BCUT2D eigenvalue weighted by molar-refractivity contribution is -0.139. The number of rotatable bonds is 6. The van der Waals surface area contributed by atoms with E-state index in [2.05, 4.69) is 17.9 Å². The van der Waals surface area contributed by atoms with E-state index < -0.39 is 12.6 Å². The summed E-state index contributed by atoms with van der Waals surface area (Å²) < 4.78 is 13.0. The molecule has 1 aliphatic heterocycles. The summed E-state index contributed by atoms with van der Waals surface area (Å²) in [6.07, 6.45) is 2.46. The van der Waals surface area contributed by atoms with Gasteiger partial charge in [0.2, 0.25) is 0 Å². The van der Waals surface area contributed by atoms with Gasteiger partial charge in [-0.3, -0.25) is 14.6 Å². The molecule has 0 radical (unpaired) electrons. The quantitative estimate of drug-likeness (QED) is 0.803. The fraction of sp³-hybridized carbons (Fsp3) is 0.611. The number of alkyl halides is 1. The van der Waals surface area contributed by atoms with Crippen LogP contribution in [0.2, 0.25) is 0 Å². The van der Waals surface area contributed by atoms with Gasteiger partial charge in [-0.15, -0.1) is 24.8 Å². The highest BCUT2D eigenvalue weighted by Gasteiger charge is 2.39. The number of piperazine rings is 1. The van der Waals surface area contributed by atoms with Gasteiger partial charge in [0.25, 0.3) is 0 Å². The Bertz CT molecular complexity index is 572. The molecule has 142 valence electrons. The summed E-state index contributed by atoms with van der Waals surface area (Å²) in [6, 6.07) is 8.46. The molecule has 0 aromatic heterocycles. The molecular formula is C18H27Cl2FN2O2. The molecule has 0 spiro atoms. The molecule has 1 heterocycles. The van der Waals surface area contributed by atoms with E-state index in [0.29, 0.717) is 12.0 Å². The van der Waals surface area contributed by atoms with E-state index in [9.17, 15) is 9.18 Å². The minimum Gasteiger partial charge on any atom is -0.480 e. The molecule has 1 saturated carbocycles. The van der Waals surface area contributed by atoms with Crippen molar-refractivity contribution in [2.45, 2.75) is 38.5 Å². The normalized spacial score (nSPS) is 22.6. The Labute approximate surface area is 161 Å². The van der Waals surface area contributed by atoms with Crippen LogP contribution in [0.4, 0.5) is 4.39 Å². The van der Waals surface area contributed by atoms with Crippen LogP contribution in [0, 0.1) is 5.92 Å². The van der Waals surface area contributed by atoms with Gasteiger partial charge in [0.1, 0.15) is 6.67 Å². The molecule has 25 heavy (non-hydrogen) atoms. The molecule has 1 aromatic rings. The first-order valence-electron chi connectivity index (χ1n) is 8.43. The van der Waals surface area contributed by atoms with Crippen molar-refractivity contribution < 1.29 is 14.3 Å². The molecule has 1 saturated heterocycles. The third kappa shape index (κ3) is 5.55. The molecule has 1 unspecified atom stereocenters. The number of hydrogen-bond donors (Lipinski definition) is 1. The van der Waals surface area contributed by atoms with Gasteiger partial charge in [0, 0.05) is 31.7 Å². The topological polar surface area (TPSA) is 43.8 Å². The molecule has 1 aliphatic carbocycles. The zero-order valence-electron chi connectivity index (χ0n) is 14.4. The van der Waals surface area contributed by atoms with E-state index in [0.717, 1.165) is 25.2 Å². The average molecular weight is 393 g/mol. The van der Waals surface area contributed by atoms with Crippen molar-refractivity contribution in [2.75, 3.05) is 26.2 Å². The van der Waals surface area contributed by atoms with E-state index in [1.807, 2.05) is 23.1 Å². The maximum Gasteiger partial charge on any atom is 0.317 e. The first-order chi connectivity index (χ1) is 11.1. The number of hydrogen-bond acceptors (Lipinski definition) is 3. The summed E-state index contributed by atoms with van der Waals surface area (Å²) in [7, 11) is 0. The van der Waals surface area contributed by atoms with Crippen LogP contribution in [-0.2, 0) is 11.5 Å². The third-order valence-electron chi connectivity index (χ3n) is 5.04. The number of nitrogens with zero attached hydrogens (tertiary/aromatic N) is 2. The summed E-state index contributed by atoms with van der Waals surface area (Å²) in [5.41, 5.74) is 1.95. The fourth-order valence-corrected chi connectivity index (χ4v) is 3.74. The highest BCUT2D eigenvalue weighted by Crippen LogP contribution is 2.45. The van der Waals surface area contributed by atoms with E-state index >= 15 is 0 Å². The second-order valence-electron chi connectivity index (χ2n) is 6.87. The first kappa shape index (κ1) is 22.2. The SMILES string of the molecule is C[C@@H]1CN(C(c2cccc(CF)c2)C2CC2)CCN1CC(=O)O.Cl.Cl. The van der Waals surface area contributed by atoms with Crippen LogP contribution in [0.3, 0.4) is 0 Å². The van der Waals surface area contributed by atoms with Gasteiger partial charge in [-0.25, -0.2) is 4.39 Å². The van der Waals surface area contributed by atoms with Crippen LogP contribution in [0.1, 0.15) is 36.9 Å². The highest BCUT2D eigenvalue weighted by atomic mass is 35.5. The van der Waals surface area contributed by atoms with Gasteiger partial charge in [0.15, 0.2) is 0 Å². The predicted molar refractivity (Wildman–Crippen MR) is 101 cm³/mol. The first-order valence-corrected chi connectivity index (χ1v) is 8.43. The second-order valence-corrected chi connectivity index (χ2v) is 6.87. The minimum atomic E-state index is -0.764. The zero-order chi connectivity index (χ0) is 16.4. The van der Waals surface area contributed by atoms with Crippen LogP contribution < -0.4 is 0 Å². The van der Waals surface area contributed by atoms with Gasteiger partial charge in [0.05, 0.1) is 6.54 Å². The van der Waals surface area contributed by atoms with Gasteiger partial charge in [-0.2, -0.15) is 0 Å². The fourth-order valence-electron chi connectivity index (χ4n) is 3.74. The maximum absolute atomic E-state index is 13.0. The van der Waals surface area contributed by atoms with E-state index in [1.54, 1.807) is 0 Å². The zero-order valence-corrected chi connectivity index (χ0v) is 16.1. The molecule has 3 rings (SSSR count). The van der Waals surface area contributed by atoms with Crippen molar-refractivity contribution in [1.29, 1.82) is 0 Å². The molecule has 0 bridgehead atoms. The van der Waals surface area contributed by atoms with Crippen molar-refractivity contribution in [3.63, 3.8) is 0 Å². The van der Waals surface area contributed by atoms with E-state index in [1.165, 1.54) is 18.4 Å². The lowest BCUT2D eigenvalue weighted by atomic mass is 9.97. The van der Waals surface area contributed by atoms with Crippen LogP contribution in [0.25, 0.3) is 0 Å². The molecule has 2 atom stereocenters. The van der Waals surface area contributed by atoms with Crippen molar-refractivity contribution in [3.8, 4) is 0 Å². The van der Waals surface area contributed by atoms with Crippen LogP contribution in [0.5, 0.6) is 0 Å². The van der Waals surface area contributed by atoms with E-state index in [4.69, 9.17) is 5.11 Å². The number of aliphatic carboxylic acids is 1. The maximum atomic E-state index is 13.0. The largest absolute Gasteiger partial charge is 0.480 e. The number of carboxylic acids is 1. The molecular weight excluding hydrogens is 366 g/mol. The van der Waals surface area contributed by atoms with Crippen molar-refractivity contribution in [1.82, 2.24) is 9.80 Å². The standard InChI is InChI=1S/C18H25FN2O2.2ClH/c1-13-11-21(8-7-20(13)12-17(22)23)18(15-5-6-15)16-4-2-3-14(9-16)10-19;;/h2-4,9,13,15,18H,5-8,10-12H2,1H3,(H,22,23);2*1H/t13-,18?;;/m1../s1. The van der Waals surface area contributed by atoms with E-state index in [-0.39, 0.29) is 37.4 Å². The van der Waals surface area contributed by atoms with Gasteiger partial charge >= 0.3 is 5.97 Å². The monoisotopic (exact) mass is 392 g/mol. The Morgan fingerprint density at radius 2 is 2.04 bits per heavy atom. The number of carboxylic acid groups (broad SMARTS) is 1. The predicted octanol–water partition coefficient (Wildman–Crippen LogP) is 3.54. The van der Waals surface area contributed by atoms with Gasteiger partial charge in [-0.1, -0.05) is 24.3 Å². The molecule has 4 nitrogen and oxygen atoms in total. The van der Waals surface area contributed by atoms with Crippen LogP contribution in [-0.4, -0.2) is 53.1 Å². The number of carbonyl (C=O) groups is 1. The summed E-state index contributed by atoms with van der Waals surface area (Å²) >= 11 is 0. The Morgan fingerprint density at radius 1 is 1.32 bits per heavy atom. The summed E-state index contributed by atoms with van der Waals surface area (Å²) in [6.45, 7) is 4.30. The van der Waals surface area contributed by atoms with Gasteiger partial charge < -0.3 is 5.11 Å². The number of benzene rings is 1. The molecule has 1 aromatic carbocycles. The molecule has 1 N–H and O–H groups in total. The minimum absolute atomic E-state index is 0. The highest BCUT2D eigenvalue weighted by molar-refractivity contribution is 5.85. The summed E-state index contributed by atoms with van der Waals surface area (Å²) in [5, 5.41) is 9.00. The average Bonchev–Trinajstić information content (AvgIpc) is 3.35. The second kappa shape index (κ2) is 9.72. The molecule has 0 amide bonds. The Kier molecular flexibility index (Phi) is 8.61. The van der Waals surface area contributed by atoms with Crippen LogP contribution in [0.15, 0.2) is 24.3 Å².